The van der Waals surface area contributed by atoms with Crippen LogP contribution in [0.5, 0.6) is 0 Å². The topological polar surface area (TPSA) is 46.1 Å². The van der Waals surface area contributed by atoms with Crippen molar-refractivity contribution in [3.05, 3.63) is 0 Å². The summed E-state index contributed by atoms with van der Waals surface area (Å²) < 4.78 is 0. The van der Waals surface area contributed by atoms with E-state index in [1.807, 2.05) is 0 Å². The van der Waals surface area contributed by atoms with Crippen molar-refractivity contribution in [1.82, 2.24) is 0 Å². The summed E-state index contributed by atoms with van der Waals surface area (Å²) in [6.45, 7) is 0. The standard InChI is InChI=1S/Ge.H3O2PS2/c;1-3(2,4)5/h;(H3,1,2,4,5)/q+3;/p-3. The third-order valence-electron chi connectivity index (χ3n) is 0. The SMILES string of the molecule is [Ge+3].[O-]P([O-])(=S)[S-]. The predicted molar refractivity (Wildman–Crippen MR) is 27.4 cm³/mol. The Balaban J connectivity index is 0. The normalized spacial score (nSPS) is 9.83. The molecule has 6 heavy (non-hydrogen) atoms. The zero-order valence-corrected chi connectivity index (χ0v) is 7.21. The molecule has 0 unspecified atom stereocenters. The van der Waals surface area contributed by atoms with Crippen molar-refractivity contribution in [3.63, 3.8) is 0 Å². The van der Waals surface area contributed by atoms with Gasteiger partial charge in [-0.15, -0.1) is 0 Å². The Labute approximate surface area is 57.3 Å². The van der Waals surface area contributed by atoms with E-state index in [0.717, 1.165) is 0 Å². The molecular weight excluding hydrogens is 200 g/mol. The maximum absolute atomic E-state index is 9.29. The van der Waals surface area contributed by atoms with Gasteiger partial charge < -0.3 is 27.7 Å². The molecule has 0 aliphatic heterocycles. The second kappa shape index (κ2) is 3.46. The van der Waals surface area contributed by atoms with Gasteiger partial charge in [0, 0.05) is 0 Å². The van der Waals surface area contributed by atoms with E-state index in [1.54, 1.807) is 0 Å². The van der Waals surface area contributed by atoms with Crippen LogP contribution in [-0.2, 0) is 24.1 Å². The second-order valence-corrected chi connectivity index (χ2v) is 4.92. The molecule has 6 heteroatoms. The molecule has 0 aromatic heterocycles. The summed E-state index contributed by atoms with van der Waals surface area (Å²) in [5.41, 5.74) is -3.72. The molecule has 0 bridgehead atoms. The van der Waals surface area contributed by atoms with Gasteiger partial charge in [-0.3, -0.25) is 0 Å². The minimum absolute atomic E-state index is 0. The Hall–Kier alpha value is 1.46. The van der Waals surface area contributed by atoms with Crippen LogP contribution in [0.3, 0.4) is 0 Å². The first-order valence-electron chi connectivity index (χ1n) is 0.730. The van der Waals surface area contributed by atoms with Crippen LogP contribution in [0, 0.1) is 0 Å². The molecule has 0 spiro atoms. The molecule has 0 aliphatic rings. The zero-order valence-electron chi connectivity index (χ0n) is 2.58. The van der Waals surface area contributed by atoms with Crippen molar-refractivity contribution >= 4 is 47.3 Å². The van der Waals surface area contributed by atoms with Crippen molar-refractivity contribution in [3.8, 4) is 0 Å². The van der Waals surface area contributed by atoms with Crippen LogP contribution in [0.25, 0.3) is 0 Å². The van der Waals surface area contributed by atoms with Crippen LogP contribution >= 0.6 is 5.69 Å². The third-order valence-corrected chi connectivity index (χ3v) is 0. The summed E-state index contributed by atoms with van der Waals surface area (Å²) in [6.07, 6.45) is 0. The van der Waals surface area contributed by atoms with Crippen molar-refractivity contribution in [1.29, 1.82) is 0 Å². The molecule has 2 nitrogen and oxygen atoms in total. The fourth-order valence-electron chi connectivity index (χ4n) is 0. The third kappa shape index (κ3) is 50.8. The second-order valence-electron chi connectivity index (χ2n) is 0.447. The first-order chi connectivity index (χ1) is 2.00. The number of hydrogen-bond acceptors (Lipinski definition) is 4. The van der Waals surface area contributed by atoms with Gasteiger partial charge in [0.1, 0.15) is 0 Å². The Morgan fingerprint density at radius 3 is 1.50 bits per heavy atom. The smallest absolute Gasteiger partial charge is 0.850 e. The average molecular weight is 200 g/mol. The van der Waals surface area contributed by atoms with Gasteiger partial charge >= 0.3 is 17.6 Å². The Bertz CT molecular complexity index is 57.7. The van der Waals surface area contributed by atoms with Crippen LogP contribution in [0.2, 0.25) is 0 Å². The molecule has 0 N–H and O–H groups in total. The van der Waals surface area contributed by atoms with Gasteiger partial charge in [0.05, 0.1) is 0 Å². The quantitative estimate of drug-likeness (QED) is 0.260. The summed E-state index contributed by atoms with van der Waals surface area (Å²) in [5, 5.41) is 0. The molecule has 0 aliphatic carbocycles. The molecule has 0 amide bonds. The van der Waals surface area contributed by atoms with E-state index in [2.05, 4.69) is 24.1 Å². The van der Waals surface area contributed by atoms with E-state index in [0.29, 0.717) is 0 Å². The molecule has 0 fully saturated rings. The molecule has 1 radical (unpaired) electrons. The van der Waals surface area contributed by atoms with E-state index in [1.165, 1.54) is 0 Å². The van der Waals surface area contributed by atoms with Crippen molar-refractivity contribution in [2.45, 2.75) is 0 Å². The maximum Gasteiger partial charge on any atom is 3.00 e. The van der Waals surface area contributed by atoms with Crippen LogP contribution in [-0.4, -0.2) is 17.6 Å². The fraction of sp³-hybridized carbons (Fsp3) is 0. The fourth-order valence-corrected chi connectivity index (χ4v) is 0. The van der Waals surface area contributed by atoms with Gasteiger partial charge in [-0.25, -0.2) is 0 Å². The van der Waals surface area contributed by atoms with Gasteiger partial charge in [0.2, 0.25) is 0 Å². The Morgan fingerprint density at radius 2 is 1.50 bits per heavy atom. The van der Waals surface area contributed by atoms with Crippen LogP contribution in [0.15, 0.2) is 0 Å². The van der Waals surface area contributed by atoms with E-state index < -0.39 is 5.69 Å². The Morgan fingerprint density at radius 1 is 1.50 bits per heavy atom. The van der Waals surface area contributed by atoms with Crippen LogP contribution in [0.4, 0.5) is 0 Å². The molecule has 0 aromatic rings. The van der Waals surface area contributed by atoms with Crippen molar-refractivity contribution < 1.29 is 9.79 Å². The Kier molecular flexibility index (Phi) is 6.03. The van der Waals surface area contributed by atoms with Crippen molar-refractivity contribution in [2.75, 3.05) is 0 Å². The average Bonchev–Trinajstić information content (AvgIpc) is 0.722. The van der Waals surface area contributed by atoms with E-state index in [9.17, 15) is 9.79 Å². The molecule has 0 aromatic carbocycles. The van der Waals surface area contributed by atoms with E-state index >= 15 is 0 Å². The summed E-state index contributed by atoms with van der Waals surface area (Å²) in [6, 6.07) is 0. The molecular formula is GeO2PS2. The predicted octanol–water partition coefficient (Wildman–Crippen LogP) is -1.90. The van der Waals surface area contributed by atoms with Gasteiger partial charge in [-0.2, -0.15) is 11.8 Å². The summed E-state index contributed by atoms with van der Waals surface area (Å²) in [4.78, 5) is 18.6. The molecule has 0 saturated carbocycles. The van der Waals surface area contributed by atoms with Gasteiger partial charge in [0.25, 0.3) is 0 Å². The first kappa shape index (κ1) is 10.4. The van der Waals surface area contributed by atoms with Gasteiger partial charge in [-0.1, -0.05) is 0 Å². The maximum atomic E-state index is 9.29. The minimum Gasteiger partial charge on any atom is -0.850 e. The molecule has 33 valence electrons. The van der Waals surface area contributed by atoms with Crippen LogP contribution in [0.1, 0.15) is 0 Å². The summed E-state index contributed by atoms with van der Waals surface area (Å²) >= 11 is 7.28. The zero-order chi connectivity index (χ0) is 4.50. The first-order valence-corrected chi connectivity index (χ1v) is 4.38. The molecule has 0 heterocycles. The van der Waals surface area contributed by atoms with Gasteiger partial charge in [-0.05, 0) is 0 Å². The minimum atomic E-state index is -3.72. The summed E-state index contributed by atoms with van der Waals surface area (Å²) in [5.74, 6) is 0. The van der Waals surface area contributed by atoms with E-state index in [4.69, 9.17) is 0 Å². The monoisotopic (exact) mass is 201 g/mol. The van der Waals surface area contributed by atoms with Gasteiger partial charge in [0.15, 0.2) is 0 Å². The largest absolute Gasteiger partial charge is 3.00 e. The molecule has 0 saturated heterocycles. The molecule has 0 rings (SSSR count). The number of hydrogen-bond donors (Lipinski definition) is 0. The van der Waals surface area contributed by atoms with E-state index in [-0.39, 0.29) is 17.6 Å². The molecule has 0 atom stereocenters. The van der Waals surface area contributed by atoms with Crippen LogP contribution < -0.4 is 9.79 Å². The van der Waals surface area contributed by atoms with Crippen molar-refractivity contribution in [2.24, 2.45) is 0 Å². The summed E-state index contributed by atoms with van der Waals surface area (Å²) in [7, 11) is 0. The number of rotatable bonds is 0.